The van der Waals surface area contributed by atoms with Crippen LogP contribution < -0.4 is 10.6 Å². The fraction of sp³-hybridized carbons (Fsp3) is 0.500. The van der Waals surface area contributed by atoms with Gasteiger partial charge in [-0.05, 0) is 11.6 Å². The summed E-state index contributed by atoms with van der Waals surface area (Å²) in [6.45, 7) is 3.22. The molecule has 112 valence electrons. The van der Waals surface area contributed by atoms with Crippen LogP contribution in [0.15, 0.2) is 12.3 Å². The first-order valence-corrected chi connectivity index (χ1v) is 8.15. The maximum Gasteiger partial charge on any atom is 0.248 e. The Labute approximate surface area is 127 Å². The molecule has 21 heavy (non-hydrogen) atoms. The minimum absolute atomic E-state index is 0.0621. The Hall–Kier alpha value is -1.60. The molecule has 2 aliphatic heterocycles. The number of pyridine rings is 1. The van der Waals surface area contributed by atoms with Gasteiger partial charge in [-0.3, -0.25) is 14.6 Å². The molecule has 6 nitrogen and oxygen atoms in total. The molecule has 1 aromatic rings. The van der Waals surface area contributed by atoms with Crippen LogP contribution in [0.2, 0.25) is 0 Å². The SMILES string of the molecule is CC(=O)N1CSCC1C(=O)Nc1cnc2c(c1)CNCC2. The summed E-state index contributed by atoms with van der Waals surface area (Å²) in [5.41, 5.74) is 2.92. The zero-order valence-corrected chi connectivity index (χ0v) is 12.7. The molecule has 0 spiro atoms. The van der Waals surface area contributed by atoms with Crippen LogP contribution in [0.25, 0.3) is 0 Å². The highest BCUT2D eigenvalue weighted by atomic mass is 32.2. The summed E-state index contributed by atoms with van der Waals surface area (Å²) in [5.74, 6) is 1.03. The van der Waals surface area contributed by atoms with Crippen molar-refractivity contribution in [2.75, 3.05) is 23.5 Å². The maximum atomic E-state index is 12.3. The van der Waals surface area contributed by atoms with E-state index in [0.717, 1.165) is 30.8 Å². The second-order valence-electron chi connectivity index (χ2n) is 5.25. The molecule has 0 aromatic carbocycles. The molecule has 1 fully saturated rings. The van der Waals surface area contributed by atoms with Gasteiger partial charge in [0.25, 0.3) is 0 Å². The van der Waals surface area contributed by atoms with Crippen molar-refractivity contribution in [2.45, 2.75) is 25.9 Å². The Balaban J connectivity index is 1.71. The van der Waals surface area contributed by atoms with Crippen molar-refractivity contribution >= 4 is 29.3 Å². The van der Waals surface area contributed by atoms with Gasteiger partial charge in [0.05, 0.1) is 17.8 Å². The highest BCUT2D eigenvalue weighted by molar-refractivity contribution is 7.99. The summed E-state index contributed by atoms with van der Waals surface area (Å²) < 4.78 is 0. The molecule has 2 N–H and O–H groups in total. The van der Waals surface area contributed by atoms with E-state index in [1.54, 1.807) is 22.9 Å². The van der Waals surface area contributed by atoms with E-state index < -0.39 is 0 Å². The zero-order valence-electron chi connectivity index (χ0n) is 11.9. The quantitative estimate of drug-likeness (QED) is 0.836. The smallest absolute Gasteiger partial charge is 0.248 e. The van der Waals surface area contributed by atoms with E-state index >= 15 is 0 Å². The number of carbonyl (C=O) groups is 2. The van der Waals surface area contributed by atoms with Gasteiger partial charge in [-0.2, -0.15) is 0 Å². The average molecular weight is 306 g/mol. The summed E-state index contributed by atoms with van der Waals surface area (Å²) in [6.07, 6.45) is 2.61. The number of rotatable bonds is 2. The lowest BCUT2D eigenvalue weighted by molar-refractivity contribution is -0.134. The summed E-state index contributed by atoms with van der Waals surface area (Å²) in [5, 5.41) is 6.17. The number of thioether (sulfide) groups is 1. The minimum atomic E-state index is -0.387. The number of nitrogens with one attached hydrogen (secondary N) is 2. The topological polar surface area (TPSA) is 74.3 Å². The van der Waals surface area contributed by atoms with Crippen LogP contribution >= 0.6 is 11.8 Å². The van der Waals surface area contributed by atoms with Crippen molar-refractivity contribution < 1.29 is 9.59 Å². The van der Waals surface area contributed by atoms with Crippen molar-refractivity contribution in [1.29, 1.82) is 0 Å². The summed E-state index contributed by atoms with van der Waals surface area (Å²) >= 11 is 1.60. The van der Waals surface area contributed by atoms with Crippen molar-refractivity contribution in [1.82, 2.24) is 15.2 Å². The van der Waals surface area contributed by atoms with Gasteiger partial charge in [0.1, 0.15) is 6.04 Å². The van der Waals surface area contributed by atoms with Crippen molar-refractivity contribution in [3.8, 4) is 0 Å². The Bertz CT molecular complexity index is 578. The molecule has 0 aliphatic carbocycles. The van der Waals surface area contributed by atoms with Gasteiger partial charge >= 0.3 is 0 Å². The van der Waals surface area contributed by atoms with E-state index in [1.165, 1.54) is 6.92 Å². The van der Waals surface area contributed by atoms with Gasteiger partial charge in [-0.1, -0.05) is 0 Å². The Kier molecular flexibility index (Phi) is 4.12. The summed E-state index contributed by atoms with van der Waals surface area (Å²) in [6, 6.07) is 1.58. The molecule has 0 saturated carbocycles. The number of aromatic nitrogens is 1. The van der Waals surface area contributed by atoms with Crippen LogP contribution in [-0.4, -0.2) is 45.9 Å². The van der Waals surface area contributed by atoms with Crippen molar-refractivity contribution in [2.24, 2.45) is 0 Å². The van der Waals surface area contributed by atoms with Gasteiger partial charge in [0.15, 0.2) is 0 Å². The normalized spacial score (nSPS) is 21.0. The second kappa shape index (κ2) is 6.03. The van der Waals surface area contributed by atoms with E-state index in [1.807, 2.05) is 6.07 Å². The van der Waals surface area contributed by atoms with Gasteiger partial charge in [-0.25, -0.2) is 0 Å². The first-order valence-electron chi connectivity index (χ1n) is 6.99. The van der Waals surface area contributed by atoms with E-state index in [0.29, 0.717) is 17.3 Å². The lowest BCUT2D eigenvalue weighted by atomic mass is 10.1. The molecule has 3 rings (SSSR count). The number of amides is 2. The molecule has 1 aromatic heterocycles. The summed E-state index contributed by atoms with van der Waals surface area (Å²) in [4.78, 5) is 29.9. The molecular weight excluding hydrogens is 288 g/mol. The van der Waals surface area contributed by atoms with Crippen LogP contribution in [0.5, 0.6) is 0 Å². The summed E-state index contributed by atoms with van der Waals surface area (Å²) in [7, 11) is 0. The highest BCUT2D eigenvalue weighted by Gasteiger charge is 2.33. The Morgan fingerprint density at radius 1 is 1.52 bits per heavy atom. The number of carbonyl (C=O) groups excluding carboxylic acids is 2. The van der Waals surface area contributed by atoms with Gasteiger partial charge < -0.3 is 15.5 Å². The third-order valence-electron chi connectivity index (χ3n) is 3.77. The molecule has 2 amide bonds. The third kappa shape index (κ3) is 3.03. The molecular formula is C14H18N4O2S. The number of hydrogen-bond donors (Lipinski definition) is 2. The maximum absolute atomic E-state index is 12.3. The van der Waals surface area contributed by atoms with E-state index in [4.69, 9.17) is 0 Å². The predicted molar refractivity (Wildman–Crippen MR) is 81.9 cm³/mol. The highest BCUT2D eigenvalue weighted by Crippen LogP contribution is 2.23. The molecule has 1 unspecified atom stereocenters. The van der Waals surface area contributed by atoms with E-state index in [2.05, 4.69) is 15.6 Å². The van der Waals surface area contributed by atoms with Crippen molar-refractivity contribution in [3.63, 3.8) is 0 Å². The molecule has 0 bridgehead atoms. The first-order chi connectivity index (χ1) is 10.1. The molecule has 7 heteroatoms. The van der Waals surface area contributed by atoms with Crippen LogP contribution in [0.3, 0.4) is 0 Å². The lowest BCUT2D eigenvalue weighted by Crippen LogP contribution is -2.43. The number of anilines is 1. The largest absolute Gasteiger partial charge is 0.323 e. The number of nitrogens with zero attached hydrogens (tertiary/aromatic N) is 2. The lowest BCUT2D eigenvalue weighted by Gasteiger charge is -2.22. The molecule has 1 saturated heterocycles. The van der Waals surface area contributed by atoms with Crippen molar-refractivity contribution in [3.05, 3.63) is 23.5 Å². The van der Waals surface area contributed by atoms with Crippen LogP contribution in [-0.2, 0) is 22.6 Å². The fourth-order valence-electron chi connectivity index (χ4n) is 2.61. The third-order valence-corrected chi connectivity index (χ3v) is 4.78. The van der Waals surface area contributed by atoms with E-state index in [9.17, 15) is 9.59 Å². The molecule has 1 atom stereocenters. The molecule has 2 aliphatic rings. The van der Waals surface area contributed by atoms with Gasteiger partial charge in [0.2, 0.25) is 11.8 Å². The van der Waals surface area contributed by atoms with Gasteiger partial charge in [0, 0.05) is 37.9 Å². The van der Waals surface area contributed by atoms with Gasteiger partial charge in [-0.15, -0.1) is 11.8 Å². The fourth-order valence-corrected chi connectivity index (χ4v) is 3.83. The predicted octanol–water partition coefficient (Wildman–Crippen LogP) is 0.587. The first kappa shape index (κ1) is 14.3. The average Bonchev–Trinajstić information content (AvgIpc) is 2.97. The number of hydrogen-bond acceptors (Lipinski definition) is 5. The van der Waals surface area contributed by atoms with Crippen LogP contribution in [0.4, 0.5) is 5.69 Å². The molecule has 0 radical (unpaired) electrons. The van der Waals surface area contributed by atoms with E-state index in [-0.39, 0.29) is 17.9 Å². The zero-order chi connectivity index (χ0) is 14.8. The standard InChI is InChI=1S/C14H18N4O2S/c1-9(19)18-8-21-7-13(18)14(20)17-11-4-10-5-15-3-2-12(10)16-6-11/h4,6,13,15H,2-3,5,7-8H2,1H3,(H,17,20). The second-order valence-corrected chi connectivity index (χ2v) is 6.25. The number of fused-ring (bicyclic) bond motifs is 1. The monoisotopic (exact) mass is 306 g/mol. The van der Waals surface area contributed by atoms with Crippen LogP contribution in [0, 0.1) is 0 Å². The Morgan fingerprint density at radius 2 is 2.38 bits per heavy atom. The Morgan fingerprint density at radius 3 is 3.19 bits per heavy atom. The van der Waals surface area contributed by atoms with Crippen LogP contribution in [0.1, 0.15) is 18.2 Å². The molecule has 3 heterocycles. The minimum Gasteiger partial charge on any atom is -0.323 e.